The van der Waals surface area contributed by atoms with Gasteiger partial charge in [0.1, 0.15) is 0 Å². The highest BCUT2D eigenvalue weighted by Gasteiger charge is 2.17. The Bertz CT molecular complexity index is 783. The number of rotatable bonds is 4. The molecule has 0 aliphatic heterocycles. The zero-order valence-electron chi connectivity index (χ0n) is 13.0. The first-order valence-corrected chi connectivity index (χ1v) is 8.43. The van der Waals surface area contributed by atoms with Gasteiger partial charge in [0, 0.05) is 36.0 Å². The molecule has 3 rings (SSSR count). The van der Waals surface area contributed by atoms with E-state index in [1.807, 2.05) is 35.0 Å². The number of benzene rings is 1. The number of imidazole rings is 1. The van der Waals surface area contributed by atoms with Crippen molar-refractivity contribution in [3.05, 3.63) is 54.1 Å². The second-order valence-corrected chi connectivity index (χ2v) is 5.88. The summed E-state index contributed by atoms with van der Waals surface area (Å²) in [5, 5.41) is 5.25. The maximum absolute atomic E-state index is 11.8. The van der Waals surface area contributed by atoms with Crippen LogP contribution in [0.5, 0.6) is 0 Å². The number of nitrogens with one attached hydrogen (secondary N) is 1. The van der Waals surface area contributed by atoms with Gasteiger partial charge in [0.25, 0.3) is 0 Å². The van der Waals surface area contributed by atoms with Crippen molar-refractivity contribution in [1.29, 1.82) is 0 Å². The van der Waals surface area contributed by atoms with Gasteiger partial charge in [0.2, 0.25) is 0 Å². The van der Waals surface area contributed by atoms with Crippen molar-refractivity contribution in [2.24, 2.45) is 16.0 Å². The first-order chi connectivity index (χ1) is 11.7. The minimum Gasteiger partial charge on any atom is -0.331 e. The summed E-state index contributed by atoms with van der Waals surface area (Å²) in [6.45, 7) is 0.440. The third kappa shape index (κ3) is 4.72. The van der Waals surface area contributed by atoms with Crippen LogP contribution < -0.4 is 9.86 Å². The molecule has 1 aliphatic rings. The molecule has 0 spiro atoms. The van der Waals surface area contributed by atoms with E-state index in [2.05, 4.69) is 26.5 Å². The molecule has 0 radical (unpaired) electrons. The number of urea groups is 1. The molecule has 1 saturated carbocycles. The maximum atomic E-state index is 11.8. The third-order valence-corrected chi connectivity index (χ3v) is 3.78. The Morgan fingerprint density at radius 3 is 2.83 bits per heavy atom. The van der Waals surface area contributed by atoms with E-state index in [1.165, 1.54) is 12.8 Å². The Hall–Kier alpha value is -2.56. The van der Waals surface area contributed by atoms with Crippen molar-refractivity contribution in [3.8, 4) is 11.8 Å². The summed E-state index contributed by atoms with van der Waals surface area (Å²) in [5.74, 6) is 6.98. The summed E-state index contributed by atoms with van der Waals surface area (Å²) in [6, 6.07) is 7.26. The lowest BCUT2D eigenvalue weighted by atomic mass is 10.1. The minimum atomic E-state index is -0.491. The Kier molecular flexibility index (Phi) is 5.31. The molecule has 0 bridgehead atoms. The zero-order chi connectivity index (χ0) is 16.8. The van der Waals surface area contributed by atoms with Gasteiger partial charge in [-0.15, -0.1) is 0 Å². The van der Waals surface area contributed by atoms with Crippen LogP contribution in [0.25, 0.3) is 0 Å². The smallest absolute Gasteiger partial charge is 0.331 e. The molecule has 122 valence electrons. The average Bonchev–Trinajstić information content (AvgIpc) is 3.28. The van der Waals surface area contributed by atoms with Gasteiger partial charge in [-0.1, -0.05) is 24.0 Å². The molecule has 1 aromatic carbocycles. The lowest BCUT2D eigenvalue weighted by Crippen LogP contribution is -2.19. The molecule has 2 aromatic rings. The van der Waals surface area contributed by atoms with E-state index in [-0.39, 0.29) is 0 Å². The molecule has 1 fully saturated rings. The van der Waals surface area contributed by atoms with Gasteiger partial charge in [-0.25, -0.2) is 9.78 Å². The summed E-state index contributed by atoms with van der Waals surface area (Å²) >= 11 is 0.728. The Balaban J connectivity index is 1.81. The molecule has 6 nitrogen and oxygen atoms in total. The molecule has 3 N–H and O–H groups in total. The number of nitrogens with zero attached hydrogens (tertiary/aromatic N) is 3. The molecule has 1 aliphatic carbocycles. The number of nitrogens with two attached hydrogens (primary N) is 1. The Labute approximate surface area is 144 Å². The fourth-order valence-corrected chi connectivity index (χ4v) is 2.25. The number of aliphatic imine (C=N–C) groups is 1. The van der Waals surface area contributed by atoms with E-state index in [1.54, 1.807) is 12.5 Å². The summed E-state index contributed by atoms with van der Waals surface area (Å²) in [4.78, 5) is 19.9. The van der Waals surface area contributed by atoms with Crippen molar-refractivity contribution >= 4 is 23.9 Å². The molecular formula is C17H17N5OS. The maximum Gasteiger partial charge on any atom is 0.352 e. The van der Waals surface area contributed by atoms with Crippen LogP contribution in [0.1, 0.15) is 24.0 Å². The van der Waals surface area contributed by atoms with Crippen LogP contribution in [0.3, 0.4) is 0 Å². The first kappa shape index (κ1) is 16.3. The molecular weight excluding hydrogens is 322 g/mol. The molecule has 0 unspecified atom stereocenters. The quantitative estimate of drug-likeness (QED) is 0.509. The van der Waals surface area contributed by atoms with Gasteiger partial charge in [-0.05, 0) is 30.5 Å². The first-order valence-electron chi connectivity index (χ1n) is 7.55. The van der Waals surface area contributed by atoms with Crippen molar-refractivity contribution in [1.82, 2.24) is 14.3 Å². The summed E-state index contributed by atoms with van der Waals surface area (Å²) < 4.78 is 4.25. The predicted molar refractivity (Wildman–Crippen MR) is 95.1 cm³/mol. The Morgan fingerprint density at radius 2 is 2.21 bits per heavy atom. The summed E-state index contributed by atoms with van der Waals surface area (Å²) in [7, 11) is 0. The highest BCUT2D eigenvalue weighted by molar-refractivity contribution is 7.95. The SMILES string of the molecule is NSNC(=O)N=C(Cn1ccnc1)c1ccc(C#CC2CC2)cc1. The van der Waals surface area contributed by atoms with Crippen LogP contribution in [-0.2, 0) is 6.54 Å². The van der Waals surface area contributed by atoms with Gasteiger partial charge in [-0.3, -0.25) is 9.86 Å². The monoisotopic (exact) mass is 339 g/mol. The van der Waals surface area contributed by atoms with E-state index in [0.717, 1.165) is 23.3 Å². The fraction of sp³-hybridized carbons (Fsp3) is 0.235. The predicted octanol–water partition coefficient (Wildman–Crippen LogP) is 2.37. The van der Waals surface area contributed by atoms with Crippen LogP contribution >= 0.6 is 12.1 Å². The van der Waals surface area contributed by atoms with Crippen LogP contribution in [0.4, 0.5) is 4.79 Å². The summed E-state index contributed by atoms with van der Waals surface area (Å²) in [6.07, 6.45) is 7.60. The number of hydrogen-bond donors (Lipinski definition) is 2. The highest BCUT2D eigenvalue weighted by Crippen LogP contribution is 2.27. The number of hydrogen-bond acceptors (Lipinski definition) is 4. The summed E-state index contributed by atoms with van der Waals surface area (Å²) in [5.41, 5.74) is 2.45. The van der Waals surface area contributed by atoms with Gasteiger partial charge in [0.15, 0.2) is 0 Å². The average molecular weight is 339 g/mol. The van der Waals surface area contributed by atoms with E-state index >= 15 is 0 Å². The van der Waals surface area contributed by atoms with Gasteiger partial charge < -0.3 is 4.57 Å². The molecule has 0 atom stereocenters. The van der Waals surface area contributed by atoms with Crippen LogP contribution in [0.15, 0.2) is 48.0 Å². The molecule has 7 heteroatoms. The van der Waals surface area contributed by atoms with Gasteiger partial charge in [-0.2, -0.15) is 4.99 Å². The number of amides is 2. The second-order valence-electron chi connectivity index (χ2n) is 5.44. The van der Waals surface area contributed by atoms with Gasteiger partial charge in [0.05, 0.1) is 18.6 Å². The largest absolute Gasteiger partial charge is 0.352 e. The van der Waals surface area contributed by atoms with E-state index in [4.69, 9.17) is 5.14 Å². The normalized spacial score (nSPS) is 14.0. The number of carbonyl (C=O) groups excluding carboxylic acids is 1. The van der Waals surface area contributed by atoms with E-state index in [9.17, 15) is 4.79 Å². The Morgan fingerprint density at radius 1 is 1.42 bits per heavy atom. The highest BCUT2D eigenvalue weighted by atomic mass is 32.2. The standard InChI is InChI=1S/C17H17N5OS/c18-24-21-17(23)20-16(11-22-10-9-19-12-22)15-7-5-14(6-8-15)4-3-13-1-2-13/h5-10,12-13H,1-2,11,18H2,(H,21,23). The molecule has 24 heavy (non-hydrogen) atoms. The number of carbonyl (C=O) groups is 1. The van der Waals surface area contributed by atoms with Crippen molar-refractivity contribution < 1.29 is 4.79 Å². The molecule has 1 aromatic heterocycles. The molecule has 0 saturated heterocycles. The van der Waals surface area contributed by atoms with Gasteiger partial charge >= 0.3 is 6.03 Å². The number of aromatic nitrogens is 2. The third-order valence-electron chi connectivity index (χ3n) is 3.49. The van der Waals surface area contributed by atoms with Crippen molar-refractivity contribution in [2.45, 2.75) is 19.4 Å². The van der Waals surface area contributed by atoms with Crippen LogP contribution in [0, 0.1) is 17.8 Å². The fourth-order valence-electron chi connectivity index (χ4n) is 2.10. The topological polar surface area (TPSA) is 85.3 Å². The minimum absolute atomic E-state index is 0.440. The molecule has 2 amide bonds. The molecule has 1 heterocycles. The zero-order valence-corrected chi connectivity index (χ0v) is 13.8. The van der Waals surface area contributed by atoms with Crippen LogP contribution in [-0.4, -0.2) is 21.3 Å². The van der Waals surface area contributed by atoms with E-state index in [0.29, 0.717) is 18.2 Å². The van der Waals surface area contributed by atoms with Crippen molar-refractivity contribution in [3.63, 3.8) is 0 Å². The second kappa shape index (κ2) is 7.81. The lowest BCUT2D eigenvalue weighted by Gasteiger charge is -2.08. The lowest BCUT2D eigenvalue weighted by molar-refractivity contribution is 0.254. The van der Waals surface area contributed by atoms with Crippen LogP contribution in [0.2, 0.25) is 0 Å². The van der Waals surface area contributed by atoms with Crippen molar-refractivity contribution in [2.75, 3.05) is 0 Å². The van der Waals surface area contributed by atoms with E-state index < -0.39 is 6.03 Å².